The second-order valence-corrected chi connectivity index (χ2v) is 7.03. The van der Waals surface area contributed by atoms with E-state index in [0.29, 0.717) is 37.6 Å². The molecule has 20 heavy (non-hydrogen) atoms. The van der Waals surface area contributed by atoms with Crippen LogP contribution in [0.4, 0.5) is 4.79 Å². The van der Waals surface area contributed by atoms with E-state index in [-0.39, 0.29) is 17.0 Å². The van der Waals surface area contributed by atoms with Gasteiger partial charge in [0.25, 0.3) is 0 Å². The number of fused-ring (bicyclic) bond motifs is 1. The van der Waals surface area contributed by atoms with Gasteiger partial charge in [0.1, 0.15) is 4.90 Å². The normalized spacial score (nSPS) is 23.8. The molecule has 110 valence electrons. The van der Waals surface area contributed by atoms with Crippen molar-refractivity contribution >= 4 is 16.1 Å². The number of carbonyl (C=O) groups is 1. The Hall–Kier alpha value is -1.61. The molecule has 2 N–H and O–H groups in total. The lowest BCUT2D eigenvalue weighted by Gasteiger charge is -2.35. The van der Waals surface area contributed by atoms with Crippen LogP contribution in [-0.4, -0.2) is 66.1 Å². The molecule has 2 aliphatic rings. The molecule has 1 atom stereocenters. The number of nitrogens with zero attached hydrogens (tertiary/aromatic N) is 3. The Labute approximate surface area is 117 Å². The lowest BCUT2D eigenvalue weighted by atomic mass is 10.2. The van der Waals surface area contributed by atoms with Crippen molar-refractivity contribution < 1.29 is 13.2 Å². The third-order valence-corrected chi connectivity index (χ3v) is 5.98. The number of carbonyl (C=O) groups excluding carboxylic acids is 1. The monoisotopic (exact) mass is 299 g/mol. The van der Waals surface area contributed by atoms with E-state index in [1.165, 1.54) is 4.31 Å². The summed E-state index contributed by atoms with van der Waals surface area (Å²) in [7, 11) is -3.56. The molecular weight excluding hydrogens is 282 g/mol. The lowest BCUT2D eigenvalue weighted by molar-refractivity contribution is 0.164. The highest BCUT2D eigenvalue weighted by Crippen LogP contribution is 2.25. The van der Waals surface area contributed by atoms with Gasteiger partial charge in [-0.05, 0) is 13.8 Å². The van der Waals surface area contributed by atoms with Gasteiger partial charge in [0, 0.05) is 26.2 Å². The molecule has 0 bridgehead atoms. The number of urea groups is 1. The third-order valence-electron chi connectivity index (χ3n) is 3.85. The first-order chi connectivity index (χ1) is 9.41. The number of nitrogens with one attached hydrogen (secondary N) is 2. The van der Waals surface area contributed by atoms with E-state index in [9.17, 15) is 13.2 Å². The summed E-state index contributed by atoms with van der Waals surface area (Å²) in [4.78, 5) is 13.5. The van der Waals surface area contributed by atoms with Crippen LogP contribution in [0.25, 0.3) is 0 Å². The van der Waals surface area contributed by atoms with E-state index in [1.54, 1.807) is 18.7 Å². The zero-order chi connectivity index (χ0) is 14.5. The first-order valence-electron chi connectivity index (χ1n) is 6.47. The zero-order valence-corrected chi connectivity index (χ0v) is 12.2. The van der Waals surface area contributed by atoms with Crippen LogP contribution in [0, 0.1) is 13.8 Å². The van der Waals surface area contributed by atoms with Crippen LogP contribution < -0.4 is 5.32 Å². The topological polar surface area (TPSA) is 98.4 Å². The van der Waals surface area contributed by atoms with Crippen LogP contribution in [0.5, 0.6) is 0 Å². The second kappa shape index (κ2) is 4.45. The summed E-state index contributed by atoms with van der Waals surface area (Å²) in [6, 6.07) is -0.193. The van der Waals surface area contributed by atoms with Gasteiger partial charge in [-0.2, -0.15) is 9.40 Å². The average molecular weight is 299 g/mol. The maximum Gasteiger partial charge on any atom is 0.317 e. The van der Waals surface area contributed by atoms with Crippen molar-refractivity contribution in [1.82, 2.24) is 24.7 Å². The second-order valence-electron chi connectivity index (χ2n) is 5.16. The van der Waals surface area contributed by atoms with Gasteiger partial charge in [-0.15, -0.1) is 0 Å². The molecule has 0 spiro atoms. The number of H-pyrrole nitrogens is 1. The van der Waals surface area contributed by atoms with E-state index in [2.05, 4.69) is 15.5 Å². The Morgan fingerprint density at radius 3 is 2.70 bits per heavy atom. The van der Waals surface area contributed by atoms with Gasteiger partial charge in [-0.1, -0.05) is 0 Å². The highest BCUT2D eigenvalue weighted by molar-refractivity contribution is 7.89. The van der Waals surface area contributed by atoms with Crippen LogP contribution in [0.2, 0.25) is 0 Å². The van der Waals surface area contributed by atoms with Gasteiger partial charge >= 0.3 is 6.03 Å². The maximum absolute atomic E-state index is 12.7. The number of aromatic amines is 1. The largest absolute Gasteiger partial charge is 0.336 e. The molecule has 2 saturated heterocycles. The molecule has 3 rings (SSSR count). The molecule has 2 aliphatic heterocycles. The molecule has 0 saturated carbocycles. The van der Waals surface area contributed by atoms with Gasteiger partial charge in [-0.25, -0.2) is 13.2 Å². The Morgan fingerprint density at radius 1 is 1.30 bits per heavy atom. The van der Waals surface area contributed by atoms with E-state index in [4.69, 9.17) is 0 Å². The fraction of sp³-hybridized carbons (Fsp3) is 0.636. The number of hydrogen-bond acceptors (Lipinski definition) is 4. The van der Waals surface area contributed by atoms with E-state index in [0.717, 1.165) is 0 Å². The Morgan fingerprint density at radius 2 is 2.05 bits per heavy atom. The van der Waals surface area contributed by atoms with Gasteiger partial charge < -0.3 is 10.2 Å². The molecule has 2 fully saturated rings. The molecule has 0 aromatic carbocycles. The lowest BCUT2D eigenvalue weighted by Crippen LogP contribution is -2.53. The van der Waals surface area contributed by atoms with E-state index in [1.807, 2.05) is 0 Å². The number of rotatable bonds is 2. The van der Waals surface area contributed by atoms with Crippen LogP contribution in [0.1, 0.15) is 11.4 Å². The van der Waals surface area contributed by atoms with Crippen molar-refractivity contribution in [2.75, 3.05) is 26.2 Å². The first kappa shape index (κ1) is 13.4. The summed E-state index contributed by atoms with van der Waals surface area (Å²) < 4.78 is 26.8. The van der Waals surface area contributed by atoms with E-state index >= 15 is 0 Å². The van der Waals surface area contributed by atoms with Gasteiger partial charge in [-0.3, -0.25) is 5.10 Å². The average Bonchev–Trinajstić information content (AvgIpc) is 2.93. The number of piperazine rings is 1. The molecule has 3 heterocycles. The summed E-state index contributed by atoms with van der Waals surface area (Å²) >= 11 is 0. The summed E-state index contributed by atoms with van der Waals surface area (Å²) in [5.41, 5.74) is 1.02. The Bertz CT molecular complexity index is 634. The molecule has 0 radical (unpaired) electrons. The van der Waals surface area contributed by atoms with Crippen molar-refractivity contribution in [1.29, 1.82) is 0 Å². The third kappa shape index (κ3) is 1.88. The van der Waals surface area contributed by atoms with Gasteiger partial charge in [0.2, 0.25) is 10.0 Å². The number of hydrogen-bond donors (Lipinski definition) is 2. The molecular formula is C11H17N5O3S. The van der Waals surface area contributed by atoms with Gasteiger partial charge in [0.15, 0.2) is 0 Å². The van der Waals surface area contributed by atoms with Crippen LogP contribution in [0.3, 0.4) is 0 Å². The van der Waals surface area contributed by atoms with Crippen LogP contribution in [-0.2, 0) is 10.0 Å². The Kier molecular flexibility index (Phi) is 2.98. The summed E-state index contributed by atoms with van der Waals surface area (Å²) in [5, 5.41) is 9.39. The van der Waals surface area contributed by atoms with Crippen molar-refractivity contribution in [3.05, 3.63) is 11.4 Å². The van der Waals surface area contributed by atoms with Crippen molar-refractivity contribution in [3.63, 3.8) is 0 Å². The van der Waals surface area contributed by atoms with Crippen LogP contribution in [0.15, 0.2) is 4.90 Å². The molecule has 1 unspecified atom stereocenters. The molecule has 1 aromatic heterocycles. The van der Waals surface area contributed by atoms with Crippen molar-refractivity contribution in [2.45, 2.75) is 24.8 Å². The fourth-order valence-electron chi connectivity index (χ4n) is 2.84. The van der Waals surface area contributed by atoms with E-state index < -0.39 is 10.0 Å². The SMILES string of the molecule is Cc1n[nH]c(C)c1S(=O)(=O)N1CCN2C(=O)NCC2C1. The van der Waals surface area contributed by atoms with Crippen molar-refractivity contribution in [2.24, 2.45) is 0 Å². The number of aryl methyl sites for hydroxylation is 2. The maximum atomic E-state index is 12.7. The highest BCUT2D eigenvalue weighted by atomic mass is 32.2. The van der Waals surface area contributed by atoms with Crippen molar-refractivity contribution in [3.8, 4) is 0 Å². The van der Waals surface area contributed by atoms with Crippen LogP contribution >= 0.6 is 0 Å². The molecule has 8 nitrogen and oxygen atoms in total. The molecule has 2 amide bonds. The standard InChI is InChI=1S/C11H17N5O3S/c1-7-10(8(2)14-13-7)20(18,19)15-3-4-16-9(6-15)5-12-11(16)17/h9H,3-6H2,1-2H3,(H,12,17)(H,13,14). The smallest absolute Gasteiger partial charge is 0.317 e. The molecule has 1 aromatic rings. The minimum atomic E-state index is -3.56. The highest BCUT2D eigenvalue weighted by Gasteiger charge is 2.40. The first-order valence-corrected chi connectivity index (χ1v) is 7.91. The summed E-state index contributed by atoms with van der Waals surface area (Å²) in [6.45, 7) is 4.93. The van der Waals surface area contributed by atoms with Gasteiger partial charge in [0.05, 0.1) is 17.4 Å². The zero-order valence-electron chi connectivity index (χ0n) is 11.4. The number of amides is 2. The molecule has 0 aliphatic carbocycles. The quantitative estimate of drug-likeness (QED) is 0.763. The predicted molar refractivity (Wildman–Crippen MR) is 70.7 cm³/mol. The minimum Gasteiger partial charge on any atom is -0.336 e. The minimum absolute atomic E-state index is 0.0847. The molecule has 9 heteroatoms. The summed E-state index contributed by atoms with van der Waals surface area (Å²) in [5.74, 6) is 0. The number of aromatic nitrogens is 2. The predicted octanol–water partition coefficient (Wildman–Crippen LogP) is -0.575. The number of sulfonamides is 1. The summed E-state index contributed by atoms with van der Waals surface area (Å²) in [6.07, 6.45) is 0. The Balaban J connectivity index is 1.88. The fourth-order valence-corrected chi connectivity index (χ4v) is 4.64.